The first-order valence-corrected chi connectivity index (χ1v) is 7.51. The summed E-state index contributed by atoms with van der Waals surface area (Å²) in [6.45, 7) is 2.91. The molecule has 1 heterocycles. The largest absolute Gasteiger partial charge is 0.433 e. The van der Waals surface area contributed by atoms with Crippen LogP contribution in [0.1, 0.15) is 6.42 Å². The number of nitrogens with one attached hydrogen (secondary N) is 2. The zero-order valence-electron chi connectivity index (χ0n) is 13.5. The number of ether oxygens (including phenoxy) is 1. The summed E-state index contributed by atoms with van der Waals surface area (Å²) in [4.78, 5) is 6.19. The van der Waals surface area contributed by atoms with E-state index in [4.69, 9.17) is 0 Å². The minimum Gasteiger partial charge on any atom is -0.433 e. The number of hydrogen-bond acceptors (Lipinski definition) is 3. The van der Waals surface area contributed by atoms with Gasteiger partial charge in [0.1, 0.15) is 5.75 Å². The minimum absolute atomic E-state index is 0. The topological polar surface area (TPSA) is 48.9 Å². The van der Waals surface area contributed by atoms with Crippen LogP contribution in [0.25, 0.3) is 0 Å². The van der Waals surface area contributed by atoms with Crippen LogP contribution in [0.2, 0.25) is 0 Å². The molecule has 1 atom stereocenters. The Morgan fingerprint density at radius 2 is 2.25 bits per heavy atom. The second-order valence-corrected chi connectivity index (χ2v) is 5.16. The average molecular weight is 452 g/mol. The molecular formula is C16H23F2IN4O. The molecule has 0 amide bonds. The van der Waals surface area contributed by atoms with Crippen molar-refractivity contribution in [2.75, 3.05) is 31.6 Å². The highest BCUT2D eigenvalue weighted by molar-refractivity contribution is 14.0. The fraction of sp³-hybridized carbons (Fsp3) is 0.438. The van der Waals surface area contributed by atoms with Crippen LogP contribution in [0.15, 0.2) is 41.9 Å². The van der Waals surface area contributed by atoms with Gasteiger partial charge in [-0.3, -0.25) is 4.99 Å². The highest BCUT2D eigenvalue weighted by atomic mass is 127. The third-order valence-electron chi connectivity index (χ3n) is 3.59. The highest BCUT2D eigenvalue weighted by Crippen LogP contribution is 2.31. The van der Waals surface area contributed by atoms with E-state index in [-0.39, 0.29) is 35.8 Å². The van der Waals surface area contributed by atoms with Crippen LogP contribution in [0, 0.1) is 0 Å². The van der Waals surface area contributed by atoms with Gasteiger partial charge in [0.05, 0.1) is 5.69 Å². The Hall–Kier alpha value is -1.58. The van der Waals surface area contributed by atoms with Crippen molar-refractivity contribution in [3.05, 3.63) is 36.9 Å². The fourth-order valence-electron chi connectivity index (χ4n) is 2.57. The third kappa shape index (κ3) is 5.81. The van der Waals surface area contributed by atoms with Gasteiger partial charge in [0, 0.05) is 32.7 Å². The van der Waals surface area contributed by atoms with E-state index in [1.54, 1.807) is 31.3 Å². The Morgan fingerprint density at radius 3 is 2.92 bits per heavy atom. The fourth-order valence-corrected chi connectivity index (χ4v) is 2.57. The summed E-state index contributed by atoms with van der Waals surface area (Å²) in [6, 6.07) is 7.05. The molecule has 0 spiro atoms. The quantitative estimate of drug-likeness (QED) is 0.302. The van der Waals surface area contributed by atoms with Crippen molar-refractivity contribution in [2.24, 2.45) is 4.99 Å². The van der Waals surface area contributed by atoms with Crippen LogP contribution in [0.3, 0.4) is 0 Å². The molecule has 1 fully saturated rings. The minimum atomic E-state index is -2.82. The van der Waals surface area contributed by atoms with Gasteiger partial charge >= 0.3 is 6.61 Å². The summed E-state index contributed by atoms with van der Waals surface area (Å²) in [7, 11) is 1.71. The van der Waals surface area contributed by atoms with Crippen molar-refractivity contribution < 1.29 is 13.5 Å². The molecule has 134 valence electrons. The van der Waals surface area contributed by atoms with Gasteiger partial charge in [-0.2, -0.15) is 8.78 Å². The van der Waals surface area contributed by atoms with Crippen LogP contribution in [0.5, 0.6) is 5.75 Å². The van der Waals surface area contributed by atoms with E-state index < -0.39 is 6.61 Å². The molecule has 5 nitrogen and oxygen atoms in total. The monoisotopic (exact) mass is 452 g/mol. The Labute approximate surface area is 158 Å². The van der Waals surface area contributed by atoms with Gasteiger partial charge in [0.15, 0.2) is 5.96 Å². The van der Waals surface area contributed by atoms with Crippen LogP contribution in [-0.4, -0.2) is 45.3 Å². The first kappa shape index (κ1) is 20.5. The lowest BCUT2D eigenvalue weighted by atomic mass is 10.2. The van der Waals surface area contributed by atoms with Crippen LogP contribution < -0.4 is 20.3 Å². The second kappa shape index (κ2) is 10.3. The lowest BCUT2D eigenvalue weighted by Gasteiger charge is -2.22. The maximum atomic E-state index is 12.5. The van der Waals surface area contributed by atoms with Gasteiger partial charge in [-0.15, -0.1) is 30.6 Å². The van der Waals surface area contributed by atoms with Crippen LogP contribution in [-0.2, 0) is 0 Å². The second-order valence-electron chi connectivity index (χ2n) is 5.16. The number of para-hydroxylation sites is 2. The molecule has 0 aliphatic carbocycles. The number of rotatable bonds is 6. The lowest BCUT2D eigenvalue weighted by Crippen LogP contribution is -2.44. The average Bonchev–Trinajstić information content (AvgIpc) is 2.99. The molecule has 1 unspecified atom stereocenters. The SMILES string of the molecule is C=CCNC(=NC)NC1CCN(c2ccccc2OC(F)F)C1.I. The first-order valence-electron chi connectivity index (χ1n) is 7.51. The van der Waals surface area contributed by atoms with Crippen molar-refractivity contribution in [3.63, 3.8) is 0 Å². The summed E-state index contributed by atoms with van der Waals surface area (Å²) < 4.78 is 29.6. The van der Waals surface area contributed by atoms with Crippen LogP contribution >= 0.6 is 24.0 Å². The summed E-state index contributed by atoms with van der Waals surface area (Å²) >= 11 is 0. The standard InChI is InChI=1S/C16H22F2N4O.HI/c1-3-9-20-16(19-2)21-12-8-10-22(11-12)13-6-4-5-7-14(13)23-15(17)18;/h3-7,12,15H,1,8-11H2,2H3,(H2,19,20,21);1H. The van der Waals surface area contributed by atoms with E-state index in [1.165, 1.54) is 0 Å². The molecule has 1 aromatic carbocycles. The van der Waals surface area contributed by atoms with Crippen molar-refractivity contribution in [1.29, 1.82) is 0 Å². The van der Waals surface area contributed by atoms with E-state index in [0.29, 0.717) is 24.7 Å². The van der Waals surface area contributed by atoms with Crippen molar-refractivity contribution in [3.8, 4) is 5.75 Å². The van der Waals surface area contributed by atoms with Gasteiger partial charge in [0.2, 0.25) is 0 Å². The molecule has 0 bridgehead atoms. The molecule has 1 saturated heterocycles. The Balaban J connectivity index is 0.00000288. The summed E-state index contributed by atoms with van der Waals surface area (Å²) in [5, 5.41) is 6.44. The number of benzene rings is 1. The summed E-state index contributed by atoms with van der Waals surface area (Å²) in [5.41, 5.74) is 0.686. The van der Waals surface area contributed by atoms with E-state index in [0.717, 1.165) is 13.0 Å². The summed E-state index contributed by atoms with van der Waals surface area (Å²) in [5.74, 6) is 0.909. The number of hydrogen-bond donors (Lipinski definition) is 2. The molecule has 2 N–H and O–H groups in total. The van der Waals surface area contributed by atoms with Gasteiger partial charge in [-0.25, -0.2) is 0 Å². The predicted octanol–water partition coefficient (Wildman–Crippen LogP) is 2.84. The van der Waals surface area contributed by atoms with Gasteiger partial charge < -0.3 is 20.3 Å². The molecule has 2 rings (SSSR count). The Bertz CT molecular complexity index is 557. The van der Waals surface area contributed by atoms with Gasteiger partial charge in [-0.1, -0.05) is 18.2 Å². The Morgan fingerprint density at radius 1 is 1.50 bits per heavy atom. The normalized spacial score (nSPS) is 17.4. The number of aliphatic imine (C=N–C) groups is 1. The number of guanidine groups is 1. The molecular weight excluding hydrogens is 429 g/mol. The van der Waals surface area contributed by atoms with Crippen molar-refractivity contribution >= 4 is 35.6 Å². The molecule has 1 aromatic rings. The molecule has 1 aliphatic heterocycles. The molecule has 8 heteroatoms. The number of alkyl halides is 2. The molecule has 0 radical (unpaired) electrons. The smallest absolute Gasteiger partial charge is 0.387 e. The third-order valence-corrected chi connectivity index (χ3v) is 3.59. The molecule has 1 aliphatic rings. The zero-order valence-corrected chi connectivity index (χ0v) is 15.9. The van der Waals surface area contributed by atoms with E-state index in [1.807, 2.05) is 11.0 Å². The Kier molecular flexibility index (Phi) is 8.80. The predicted molar refractivity (Wildman–Crippen MR) is 104 cm³/mol. The van der Waals surface area contributed by atoms with Gasteiger partial charge in [-0.05, 0) is 18.6 Å². The number of halogens is 3. The maximum Gasteiger partial charge on any atom is 0.387 e. The van der Waals surface area contributed by atoms with E-state index in [9.17, 15) is 8.78 Å². The summed E-state index contributed by atoms with van der Waals surface area (Å²) in [6.07, 6.45) is 2.64. The molecule has 24 heavy (non-hydrogen) atoms. The number of anilines is 1. The van der Waals surface area contributed by atoms with Crippen molar-refractivity contribution in [1.82, 2.24) is 10.6 Å². The zero-order chi connectivity index (χ0) is 16.7. The molecule has 0 saturated carbocycles. The first-order chi connectivity index (χ1) is 11.1. The van der Waals surface area contributed by atoms with Crippen LogP contribution in [0.4, 0.5) is 14.5 Å². The van der Waals surface area contributed by atoms with E-state index in [2.05, 4.69) is 26.9 Å². The lowest BCUT2D eigenvalue weighted by molar-refractivity contribution is -0.0495. The molecule has 0 aromatic heterocycles. The van der Waals surface area contributed by atoms with E-state index >= 15 is 0 Å². The highest BCUT2D eigenvalue weighted by Gasteiger charge is 2.25. The van der Waals surface area contributed by atoms with Gasteiger partial charge in [0.25, 0.3) is 0 Å². The number of nitrogens with zero attached hydrogens (tertiary/aromatic N) is 2. The maximum absolute atomic E-state index is 12.5. The van der Waals surface area contributed by atoms with Crippen molar-refractivity contribution in [2.45, 2.75) is 19.1 Å².